The average Bonchev–Trinajstić information content (AvgIpc) is 2.58. The lowest BCUT2D eigenvalue weighted by Crippen LogP contribution is -2.50. The van der Waals surface area contributed by atoms with Crippen LogP contribution in [0.3, 0.4) is 0 Å². The molecule has 0 fully saturated rings. The number of carbonyl (C=O) groups excluding carboxylic acids is 3. The van der Waals surface area contributed by atoms with Crippen LogP contribution >= 0.6 is 11.6 Å². The molecule has 1 amide bonds. The molecule has 0 aliphatic heterocycles. The van der Waals surface area contributed by atoms with Crippen LogP contribution in [0.1, 0.15) is 17.3 Å². The first-order valence-corrected chi connectivity index (χ1v) is 7.56. The van der Waals surface area contributed by atoms with Crippen molar-refractivity contribution in [1.82, 2.24) is 5.32 Å². The standard InChI is InChI=1S/C16H18ClNO7/c1-8(11(15(22)24-2)16(23)25-3)12(14(20)21)18-13(19)9-6-4-5-7-10(9)17/h4-8,11-12H,1-3H3,(H,18,19)(H,20,21)/t8-,12+/m0/s1. The van der Waals surface area contributed by atoms with Gasteiger partial charge in [0.2, 0.25) is 0 Å². The van der Waals surface area contributed by atoms with Gasteiger partial charge in [0, 0.05) is 5.92 Å². The molecule has 25 heavy (non-hydrogen) atoms. The number of nitrogens with one attached hydrogen (secondary N) is 1. The minimum atomic E-state index is -1.55. The van der Waals surface area contributed by atoms with E-state index in [9.17, 15) is 24.3 Å². The number of carboxylic acids is 1. The van der Waals surface area contributed by atoms with Crippen molar-refractivity contribution in [1.29, 1.82) is 0 Å². The Balaban J connectivity index is 3.11. The summed E-state index contributed by atoms with van der Waals surface area (Å²) >= 11 is 5.91. The molecule has 0 bridgehead atoms. The lowest BCUT2D eigenvalue weighted by atomic mass is 9.87. The van der Waals surface area contributed by atoms with Gasteiger partial charge in [-0.05, 0) is 12.1 Å². The van der Waals surface area contributed by atoms with E-state index in [0.717, 1.165) is 14.2 Å². The van der Waals surface area contributed by atoms with Crippen molar-refractivity contribution >= 4 is 35.4 Å². The summed E-state index contributed by atoms with van der Waals surface area (Å²) in [7, 11) is 2.12. The number of methoxy groups -OCH3 is 2. The predicted molar refractivity (Wildman–Crippen MR) is 87.0 cm³/mol. The molecule has 0 saturated heterocycles. The van der Waals surface area contributed by atoms with Crippen molar-refractivity contribution in [2.24, 2.45) is 11.8 Å². The number of aliphatic carboxylic acids is 1. The summed E-state index contributed by atoms with van der Waals surface area (Å²) in [4.78, 5) is 47.5. The smallest absolute Gasteiger partial charge is 0.326 e. The third-order valence-electron chi connectivity index (χ3n) is 3.63. The molecule has 1 aromatic carbocycles. The van der Waals surface area contributed by atoms with Crippen LogP contribution in [-0.2, 0) is 23.9 Å². The molecule has 0 heterocycles. The summed E-state index contributed by atoms with van der Waals surface area (Å²) in [5.41, 5.74) is 0.0651. The van der Waals surface area contributed by atoms with E-state index in [1.165, 1.54) is 19.1 Å². The molecule has 2 atom stereocenters. The number of halogens is 1. The molecular weight excluding hydrogens is 354 g/mol. The summed E-state index contributed by atoms with van der Waals surface area (Å²) in [6, 6.07) is 4.51. The maximum atomic E-state index is 12.3. The molecule has 1 rings (SSSR count). The van der Waals surface area contributed by atoms with Gasteiger partial charge in [0.15, 0.2) is 5.92 Å². The van der Waals surface area contributed by atoms with E-state index in [1.807, 2.05) is 0 Å². The number of hydrogen-bond donors (Lipinski definition) is 2. The first-order chi connectivity index (χ1) is 11.7. The average molecular weight is 372 g/mol. The lowest BCUT2D eigenvalue weighted by Gasteiger charge is -2.26. The normalized spacial score (nSPS) is 12.8. The first kappa shape index (κ1) is 20.4. The van der Waals surface area contributed by atoms with Gasteiger partial charge in [0.1, 0.15) is 6.04 Å². The molecule has 0 aliphatic carbocycles. The van der Waals surface area contributed by atoms with Crippen LogP contribution in [0, 0.1) is 11.8 Å². The van der Waals surface area contributed by atoms with E-state index in [0.29, 0.717) is 0 Å². The molecule has 0 unspecified atom stereocenters. The number of benzene rings is 1. The van der Waals surface area contributed by atoms with Crippen molar-refractivity contribution in [3.8, 4) is 0 Å². The molecule has 2 N–H and O–H groups in total. The largest absolute Gasteiger partial charge is 0.480 e. The number of rotatable bonds is 7. The molecule has 0 saturated carbocycles. The second-order valence-electron chi connectivity index (χ2n) is 5.15. The van der Waals surface area contributed by atoms with Crippen LogP contribution in [0.2, 0.25) is 5.02 Å². The van der Waals surface area contributed by atoms with E-state index in [4.69, 9.17) is 11.6 Å². The summed E-state index contributed by atoms with van der Waals surface area (Å²) in [5, 5.41) is 11.8. The SMILES string of the molecule is COC(=O)C(C(=O)OC)[C@H](C)[C@@H](NC(=O)c1ccccc1Cl)C(=O)O. The van der Waals surface area contributed by atoms with Crippen molar-refractivity contribution < 1.29 is 33.8 Å². The molecule has 0 radical (unpaired) electrons. The molecule has 0 aliphatic rings. The first-order valence-electron chi connectivity index (χ1n) is 7.18. The predicted octanol–water partition coefficient (Wildman–Crippen LogP) is 1.12. The minimum absolute atomic E-state index is 0.0651. The Labute approximate surface area is 149 Å². The number of ether oxygens (including phenoxy) is 2. The zero-order chi connectivity index (χ0) is 19.1. The Bertz CT molecular complexity index is 660. The summed E-state index contributed by atoms with van der Waals surface area (Å²) in [6.45, 7) is 1.32. The van der Waals surface area contributed by atoms with E-state index >= 15 is 0 Å². The van der Waals surface area contributed by atoms with Gasteiger partial charge in [-0.3, -0.25) is 14.4 Å². The third-order valence-corrected chi connectivity index (χ3v) is 3.96. The zero-order valence-corrected chi connectivity index (χ0v) is 14.6. The number of amides is 1. The molecule has 0 aromatic heterocycles. The van der Waals surface area contributed by atoms with Gasteiger partial charge in [-0.25, -0.2) is 4.79 Å². The number of carbonyl (C=O) groups is 4. The van der Waals surface area contributed by atoms with E-state index in [2.05, 4.69) is 14.8 Å². The van der Waals surface area contributed by atoms with E-state index in [1.54, 1.807) is 12.1 Å². The van der Waals surface area contributed by atoms with Gasteiger partial charge in [-0.2, -0.15) is 0 Å². The van der Waals surface area contributed by atoms with Crippen molar-refractivity contribution in [2.75, 3.05) is 14.2 Å². The zero-order valence-electron chi connectivity index (χ0n) is 13.8. The van der Waals surface area contributed by atoms with Crippen LogP contribution < -0.4 is 5.32 Å². The molecule has 8 nitrogen and oxygen atoms in total. The monoisotopic (exact) mass is 371 g/mol. The van der Waals surface area contributed by atoms with E-state index in [-0.39, 0.29) is 10.6 Å². The third kappa shape index (κ3) is 4.93. The highest BCUT2D eigenvalue weighted by atomic mass is 35.5. The highest BCUT2D eigenvalue weighted by Gasteiger charge is 2.42. The van der Waals surface area contributed by atoms with Crippen LogP contribution in [0.4, 0.5) is 0 Å². The Kier molecular flexibility index (Phi) is 7.38. The summed E-state index contributed by atoms with van der Waals surface area (Å²) < 4.78 is 9.06. The summed E-state index contributed by atoms with van der Waals surface area (Å²) in [6.07, 6.45) is 0. The fourth-order valence-corrected chi connectivity index (χ4v) is 2.48. The highest BCUT2D eigenvalue weighted by Crippen LogP contribution is 2.21. The van der Waals surface area contributed by atoms with Crippen molar-refractivity contribution in [3.63, 3.8) is 0 Å². The van der Waals surface area contributed by atoms with Gasteiger partial charge < -0.3 is 19.9 Å². The Morgan fingerprint density at radius 3 is 2.04 bits per heavy atom. The van der Waals surface area contributed by atoms with Gasteiger partial charge >= 0.3 is 17.9 Å². The maximum absolute atomic E-state index is 12.3. The van der Waals surface area contributed by atoms with E-state index < -0.39 is 41.7 Å². The maximum Gasteiger partial charge on any atom is 0.326 e. The van der Waals surface area contributed by atoms with Crippen LogP contribution in [0.15, 0.2) is 24.3 Å². The molecule has 1 aromatic rings. The number of carboxylic acid groups (broad SMARTS) is 1. The number of hydrogen-bond acceptors (Lipinski definition) is 6. The van der Waals surface area contributed by atoms with Gasteiger partial charge in [-0.15, -0.1) is 0 Å². The fourth-order valence-electron chi connectivity index (χ4n) is 2.25. The quantitative estimate of drug-likeness (QED) is 0.544. The fraction of sp³-hybridized carbons (Fsp3) is 0.375. The lowest BCUT2D eigenvalue weighted by molar-refractivity contribution is -0.162. The minimum Gasteiger partial charge on any atom is -0.480 e. The molecule has 0 spiro atoms. The molecular formula is C16H18ClNO7. The molecule has 9 heteroatoms. The Hall–Kier alpha value is -2.61. The Morgan fingerprint density at radius 2 is 1.60 bits per heavy atom. The van der Waals surface area contributed by atoms with Crippen molar-refractivity contribution in [3.05, 3.63) is 34.9 Å². The summed E-state index contributed by atoms with van der Waals surface area (Å²) in [5.74, 6) is -6.74. The highest BCUT2D eigenvalue weighted by molar-refractivity contribution is 6.33. The van der Waals surface area contributed by atoms with Crippen LogP contribution in [-0.4, -0.2) is 49.2 Å². The van der Waals surface area contributed by atoms with Crippen molar-refractivity contribution in [2.45, 2.75) is 13.0 Å². The second-order valence-corrected chi connectivity index (χ2v) is 5.56. The number of esters is 2. The van der Waals surface area contributed by atoms with Crippen LogP contribution in [0.25, 0.3) is 0 Å². The van der Waals surface area contributed by atoms with Crippen LogP contribution in [0.5, 0.6) is 0 Å². The van der Waals surface area contributed by atoms with Gasteiger partial charge in [0.05, 0.1) is 24.8 Å². The second kappa shape index (κ2) is 9.03. The van der Waals surface area contributed by atoms with Gasteiger partial charge in [0.25, 0.3) is 5.91 Å². The topological polar surface area (TPSA) is 119 Å². The Morgan fingerprint density at radius 1 is 1.08 bits per heavy atom. The van der Waals surface area contributed by atoms with Gasteiger partial charge in [-0.1, -0.05) is 30.7 Å². The molecule has 136 valence electrons.